The van der Waals surface area contributed by atoms with E-state index in [9.17, 15) is 5.11 Å². The van der Waals surface area contributed by atoms with Gasteiger partial charge in [-0.3, -0.25) is 0 Å². The standard InChI is InChI=1S/C15H23NO2/c1-10-7-12(8-11(2)13(10)18-3)14(16)15(9-17)5-4-6-15/h7-8,14,17H,4-6,9,16H2,1-3H3. The van der Waals surface area contributed by atoms with E-state index in [1.807, 2.05) is 13.8 Å². The lowest BCUT2D eigenvalue weighted by Crippen LogP contribution is -2.43. The molecule has 3 nitrogen and oxygen atoms in total. The van der Waals surface area contributed by atoms with Crippen LogP contribution in [0.25, 0.3) is 0 Å². The molecule has 0 heterocycles. The molecule has 18 heavy (non-hydrogen) atoms. The second-order valence-corrected chi connectivity index (χ2v) is 5.54. The lowest BCUT2D eigenvalue weighted by atomic mass is 9.63. The number of aliphatic hydroxyl groups excluding tert-OH is 1. The maximum Gasteiger partial charge on any atom is 0.124 e. The molecule has 0 aliphatic heterocycles. The molecular formula is C15H23NO2. The normalized spacial score (nSPS) is 19.2. The Morgan fingerprint density at radius 1 is 1.33 bits per heavy atom. The number of rotatable bonds is 4. The van der Waals surface area contributed by atoms with Gasteiger partial charge in [0.15, 0.2) is 0 Å². The first kappa shape index (κ1) is 13.4. The molecule has 100 valence electrons. The molecular weight excluding hydrogens is 226 g/mol. The van der Waals surface area contributed by atoms with Crippen LogP contribution in [0.3, 0.4) is 0 Å². The topological polar surface area (TPSA) is 55.5 Å². The minimum atomic E-state index is -0.104. The maximum absolute atomic E-state index is 9.60. The molecule has 0 spiro atoms. The first-order chi connectivity index (χ1) is 8.54. The predicted octanol–water partition coefficient (Wildman–Crippen LogP) is 2.47. The van der Waals surface area contributed by atoms with E-state index in [1.54, 1.807) is 7.11 Å². The molecule has 1 fully saturated rings. The number of ether oxygens (including phenoxy) is 1. The lowest BCUT2D eigenvalue weighted by molar-refractivity contribution is 0.0183. The SMILES string of the molecule is COc1c(C)cc(C(N)C2(CO)CCC2)cc1C. The first-order valence-corrected chi connectivity index (χ1v) is 6.55. The van der Waals surface area contributed by atoms with E-state index in [4.69, 9.17) is 10.5 Å². The number of methoxy groups -OCH3 is 1. The Kier molecular flexibility index (Phi) is 3.64. The molecule has 1 unspecified atom stereocenters. The number of aryl methyl sites for hydroxylation is 2. The zero-order valence-corrected chi connectivity index (χ0v) is 11.5. The molecule has 1 aliphatic rings. The second-order valence-electron chi connectivity index (χ2n) is 5.54. The summed E-state index contributed by atoms with van der Waals surface area (Å²) in [5.41, 5.74) is 9.59. The molecule has 0 bridgehead atoms. The van der Waals surface area contributed by atoms with E-state index >= 15 is 0 Å². The number of nitrogens with two attached hydrogens (primary N) is 1. The molecule has 0 radical (unpaired) electrons. The van der Waals surface area contributed by atoms with Crippen LogP contribution in [-0.2, 0) is 0 Å². The van der Waals surface area contributed by atoms with Crippen LogP contribution in [0.15, 0.2) is 12.1 Å². The molecule has 2 rings (SSSR count). The van der Waals surface area contributed by atoms with E-state index in [0.29, 0.717) is 0 Å². The van der Waals surface area contributed by atoms with Crippen molar-refractivity contribution in [1.29, 1.82) is 0 Å². The third-order valence-electron chi connectivity index (χ3n) is 4.37. The van der Waals surface area contributed by atoms with E-state index in [-0.39, 0.29) is 18.1 Å². The number of hydrogen-bond donors (Lipinski definition) is 2. The van der Waals surface area contributed by atoms with Gasteiger partial charge in [-0.15, -0.1) is 0 Å². The van der Waals surface area contributed by atoms with Crippen LogP contribution >= 0.6 is 0 Å². The Balaban J connectivity index is 2.34. The molecule has 0 aromatic heterocycles. The van der Waals surface area contributed by atoms with Gasteiger partial charge in [0.1, 0.15) is 5.75 Å². The fourth-order valence-electron chi connectivity index (χ4n) is 3.04. The Morgan fingerprint density at radius 2 is 1.89 bits per heavy atom. The molecule has 1 saturated carbocycles. The molecule has 3 N–H and O–H groups in total. The predicted molar refractivity (Wildman–Crippen MR) is 72.8 cm³/mol. The van der Waals surface area contributed by atoms with E-state index < -0.39 is 0 Å². The van der Waals surface area contributed by atoms with Crippen molar-refractivity contribution in [3.8, 4) is 5.75 Å². The van der Waals surface area contributed by atoms with Gasteiger partial charge in [0.25, 0.3) is 0 Å². The number of benzene rings is 1. The summed E-state index contributed by atoms with van der Waals surface area (Å²) in [4.78, 5) is 0. The van der Waals surface area contributed by atoms with Crippen LogP contribution in [0.1, 0.15) is 42.0 Å². The van der Waals surface area contributed by atoms with Crippen molar-refractivity contribution in [1.82, 2.24) is 0 Å². The molecule has 3 heteroatoms. The Morgan fingerprint density at radius 3 is 2.22 bits per heavy atom. The van der Waals surface area contributed by atoms with Crippen molar-refractivity contribution in [3.05, 3.63) is 28.8 Å². The van der Waals surface area contributed by atoms with Gasteiger partial charge >= 0.3 is 0 Å². The summed E-state index contributed by atoms with van der Waals surface area (Å²) in [6, 6.07) is 4.10. The Labute approximate surface area is 109 Å². The van der Waals surface area contributed by atoms with Crippen molar-refractivity contribution in [2.75, 3.05) is 13.7 Å². The highest BCUT2D eigenvalue weighted by Gasteiger charge is 2.42. The average Bonchev–Trinajstić information content (AvgIpc) is 2.27. The van der Waals surface area contributed by atoms with E-state index in [0.717, 1.165) is 35.3 Å². The van der Waals surface area contributed by atoms with Crippen molar-refractivity contribution in [3.63, 3.8) is 0 Å². The lowest BCUT2D eigenvalue weighted by Gasteiger charge is -2.45. The van der Waals surface area contributed by atoms with E-state index in [2.05, 4.69) is 12.1 Å². The van der Waals surface area contributed by atoms with Gasteiger partial charge in [-0.25, -0.2) is 0 Å². The summed E-state index contributed by atoms with van der Waals surface area (Å²) in [7, 11) is 1.69. The highest BCUT2D eigenvalue weighted by molar-refractivity contribution is 5.44. The molecule has 0 amide bonds. The van der Waals surface area contributed by atoms with Gasteiger partial charge in [0.2, 0.25) is 0 Å². The van der Waals surface area contributed by atoms with Crippen molar-refractivity contribution >= 4 is 0 Å². The summed E-state index contributed by atoms with van der Waals surface area (Å²) < 4.78 is 5.37. The number of aliphatic hydroxyl groups is 1. The molecule has 1 aromatic rings. The average molecular weight is 249 g/mol. The largest absolute Gasteiger partial charge is 0.496 e. The van der Waals surface area contributed by atoms with Crippen LogP contribution < -0.4 is 10.5 Å². The zero-order chi connectivity index (χ0) is 13.3. The van der Waals surface area contributed by atoms with Crippen LogP contribution in [-0.4, -0.2) is 18.8 Å². The highest BCUT2D eigenvalue weighted by Crippen LogP contribution is 2.49. The van der Waals surface area contributed by atoms with Gasteiger partial charge < -0.3 is 15.6 Å². The highest BCUT2D eigenvalue weighted by atomic mass is 16.5. The third kappa shape index (κ3) is 2.02. The fourth-order valence-corrected chi connectivity index (χ4v) is 3.04. The van der Waals surface area contributed by atoms with Crippen molar-refractivity contribution < 1.29 is 9.84 Å². The van der Waals surface area contributed by atoms with Gasteiger partial charge in [-0.1, -0.05) is 18.6 Å². The third-order valence-corrected chi connectivity index (χ3v) is 4.37. The van der Waals surface area contributed by atoms with Crippen LogP contribution in [0.4, 0.5) is 0 Å². The Bertz CT molecular complexity index is 410. The summed E-state index contributed by atoms with van der Waals surface area (Å²) in [6.45, 7) is 4.25. The molecule has 1 atom stereocenters. The van der Waals surface area contributed by atoms with Crippen LogP contribution in [0.2, 0.25) is 0 Å². The summed E-state index contributed by atoms with van der Waals surface area (Å²) in [5.74, 6) is 0.928. The smallest absolute Gasteiger partial charge is 0.124 e. The van der Waals surface area contributed by atoms with Gasteiger partial charge in [0, 0.05) is 11.5 Å². The summed E-state index contributed by atoms with van der Waals surface area (Å²) >= 11 is 0. The van der Waals surface area contributed by atoms with Crippen molar-refractivity contribution in [2.24, 2.45) is 11.1 Å². The van der Waals surface area contributed by atoms with Gasteiger partial charge in [-0.05, 0) is 43.4 Å². The maximum atomic E-state index is 9.60. The zero-order valence-electron chi connectivity index (χ0n) is 11.5. The first-order valence-electron chi connectivity index (χ1n) is 6.55. The fraction of sp³-hybridized carbons (Fsp3) is 0.600. The minimum Gasteiger partial charge on any atom is -0.496 e. The molecule has 0 saturated heterocycles. The summed E-state index contributed by atoms with van der Waals surface area (Å²) in [6.07, 6.45) is 3.21. The molecule has 1 aromatic carbocycles. The van der Waals surface area contributed by atoms with E-state index in [1.165, 1.54) is 6.42 Å². The quantitative estimate of drug-likeness (QED) is 0.862. The van der Waals surface area contributed by atoms with Crippen LogP contribution in [0.5, 0.6) is 5.75 Å². The minimum absolute atomic E-state index is 0.0837. The van der Waals surface area contributed by atoms with Crippen LogP contribution in [0, 0.1) is 19.3 Å². The number of hydrogen-bond acceptors (Lipinski definition) is 3. The van der Waals surface area contributed by atoms with Crippen molar-refractivity contribution in [2.45, 2.75) is 39.2 Å². The Hall–Kier alpha value is -1.06. The second kappa shape index (κ2) is 4.90. The van der Waals surface area contributed by atoms with Gasteiger partial charge in [0.05, 0.1) is 13.7 Å². The monoisotopic (exact) mass is 249 g/mol. The summed E-state index contributed by atoms with van der Waals surface area (Å²) in [5, 5.41) is 9.60. The molecule has 1 aliphatic carbocycles. The van der Waals surface area contributed by atoms with Gasteiger partial charge in [-0.2, -0.15) is 0 Å².